The van der Waals surface area contributed by atoms with Crippen molar-refractivity contribution in [2.24, 2.45) is 0 Å². The molecule has 2 atom stereocenters. The molecule has 0 fully saturated rings. The normalized spacial score (nSPS) is 12.9. The molecule has 0 aliphatic carbocycles. The summed E-state index contributed by atoms with van der Waals surface area (Å²) in [7, 11) is 0. The Morgan fingerprint density at radius 3 is 2.18 bits per heavy atom. The van der Waals surface area contributed by atoms with Crippen LogP contribution in [-0.4, -0.2) is 60.1 Å². The summed E-state index contributed by atoms with van der Waals surface area (Å²) in [4.78, 5) is 25.7. The molecule has 0 saturated carbocycles. The number of nitrogens with zero attached hydrogens (tertiary/aromatic N) is 1. The summed E-state index contributed by atoms with van der Waals surface area (Å²) in [5.41, 5.74) is 0.877. The molecule has 194 valence electrons. The molecule has 0 radical (unpaired) electrons. The molecule has 1 N–H and O–H groups in total. The highest BCUT2D eigenvalue weighted by Gasteiger charge is 2.20. The van der Waals surface area contributed by atoms with E-state index < -0.39 is 12.1 Å². The summed E-state index contributed by atoms with van der Waals surface area (Å²) in [6.45, 7) is 11.5. The lowest BCUT2D eigenvalue weighted by Gasteiger charge is -2.24. The number of aliphatic carboxylic acids is 1. The number of carbonyl (C=O) groups is 2. The van der Waals surface area contributed by atoms with Crippen molar-refractivity contribution < 1.29 is 28.9 Å². The number of hydrogen-bond donors (Lipinski definition) is 1. The van der Waals surface area contributed by atoms with Crippen LogP contribution in [-0.2, 0) is 20.7 Å². The molecule has 7 nitrogen and oxygen atoms in total. The lowest BCUT2D eigenvalue weighted by atomic mass is 10.1. The molecule has 1 rings (SSSR count). The Hall–Kier alpha value is -2.28. The highest BCUT2D eigenvalue weighted by molar-refractivity contribution is 5.72. The van der Waals surface area contributed by atoms with E-state index in [1.807, 2.05) is 52.0 Å². The van der Waals surface area contributed by atoms with Crippen molar-refractivity contribution in [3.8, 4) is 5.75 Å². The summed E-state index contributed by atoms with van der Waals surface area (Å²) in [5.74, 6) is -0.246. The van der Waals surface area contributed by atoms with Gasteiger partial charge in [-0.2, -0.15) is 0 Å². The Labute approximate surface area is 205 Å². The first-order chi connectivity index (χ1) is 16.3. The van der Waals surface area contributed by atoms with Crippen molar-refractivity contribution in [2.75, 3.05) is 19.7 Å². The van der Waals surface area contributed by atoms with Gasteiger partial charge in [-0.25, -0.2) is 9.59 Å². The molecule has 1 amide bonds. The van der Waals surface area contributed by atoms with Gasteiger partial charge in [0.15, 0.2) is 6.10 Å². The number of ether oxygens (including phenoxy) is 3. The Kier molecular flexibility index (Phi) is 15.0. The summed E-state index contributed by atoms with van der Waals surface area (Å²) in [5, 5.41) is 9.33. The standard InChI is InChI=1S/C27H45NO6/c1-6-8-9-10-11-17-28(27(31)34-22(5)7-2)18-12-19-32-24-15-13-23(14-16-24)20-25(26(29)30)33-21(3)4/h13-16,21-22,25H,6-12,17-20H2,1-5H3,(H,29,30). The Morgan fingerprint density at radius 1 is 0.941 bits per heavy atom. The molecule has 0 bridgehead atoms. The molecule has 0 aliphatic rings. The summed E-state index contributed by atoms with van der Waals surface area (Å²) in [6, 6.07) is 7.40. The number of carboxylic acid groups (broad SMARTS) is 1. The summed E-state index contributed by atoms with van der Waals surface area (Å²) < 4.78 is 16.8. The third-order valence-electron chi connectivity index (χ3n) is 5.56. The van der Waals surface area contributed by atoms with Crippen LogP contribution >= 0.6 is 0 Å². The highest BCUT2D eigenvalue weighted by atomic mass is 16.6. The van der Waals surface area contributed by atoms with Crippen LogP contribution in [0.25, 0.3) is 0 Å². The maximum Gasteiger partial charge on any atom is 0.410 e. The quantitative estimate of drug-likeness (QED) is 0.257. The molecule has 7 heteroatoms. The second-order valence-electron chi connectivity index (χ2n) is 9.07. The van der Waals surface area contributed by atoms with Gasteiger partial charge >= 0.3 is 12.1 Å². The smallest absolute Gasteiger partial charge is 0.410 e. The Bertz CT molecular complexity index is 691. The first kappa shape index (κ1) is 29.8. The third-order valence-corrected chi connectivity index (χ3v) is 5.56. The topological polar surface area (TPSA) is 85.3 Å². The monoisotopic (exact) mass is 479 g/mol. The fraction of sp³-hybridized carbons (Fsp3) is 0.704. The molecule has 1 aromatic rings. The first-order valence-electron chi connectivity index (χ1n) is 12.8. The number of benzene rings is 1. The number of hydrogen-bond acceptors (Lipinski definition) is 5. The molecule has 34 heavy (non-hydrogen) atoms. The number of carbonyl (C=O) groups excluding carboxylic acids is 1. The fourth-order valence-electron chi connectivity index (χ4n) is 3.43. The van der Waals surface area contributed by atoms with Gasteiger partial charge in [-0.15, -0.1) is 0 Å². The second-order valence-corrected chi connectivity index (χ2v) is 9.07. The largest absolute Gasteiger partial charge is 0.494 e. The molecular weight excluding hydrogens is 434 g/mol. The van der Waals surface area contributed by atoms with E-state index in [-0.39, 0.29) is 18.3 Å². The lowest BCUT2D eigenvalue weighted by molar-refractivity contribution is -0.153. The fourth-order valence-corrected chi connectivity index (χ4v) is 3.43. The van der Waals surface area contributed by atoms with Gasteiger partial charge in [-0.1, -0.05) is 51.7 Å². The van der Waals surface area contributed by atoms with Crippen LogP contribution in [0.1, 0.15) is 85.1 Å². The Morgan fingerprint density at radius 2 is 1.59 bits per heavy atom. The number of carboxylic acids is 1. The molecule has 0 aliphatic heterocycles. The van der Waals surface area contributed by atoms with Crippen molar-refractivity contribution in [2.45, 2.75) is 104 Å². The van der Waals surface area contributed by atoms with Crippen LogP contribution in [0.2, 0.25) is 0 Å². The van der Waals surface area contributed by atoms with Gasteiger partial charge in [-0.05, 0) is 57.7 Å². The van der Waals surface area contributed by atoms with Gasteiger partial charge in [0.1, 0.15) is 11.9 Å². The number of unbranched alkanes of at least 4 members (excludes halogenated alkanes) is 4. The van der Waals surface area contributed by atoms with Crippen LogP contribution in [0.3, 0.4) is 0 Å². The van der Waals surface area contributed by atoms with E-state index in [9.17, 15) is 14.7 Å². The second kappa shape index (κ2) is 17.2. The minimum atomic E-state index is -0.962. The number of amides is 1. The van der Waals surface area contributed by atoms with Gasteiger partial charge in [0.2, 0.25) is 0 Å². The van der Waals surface area contributed by atoms with Gasteiger partial charge in [0.05, 0.1) is 12.7 Å². The van der Waals surface area contributed by atoms with E-state index in [1.54, 1.807) is 4.90 Å². The SMILES string of the molecule is CCCCCCCN(CCCOc1ccc(CC(OC(C)C)C(=O)O)cc1)C(=O)OC(C)CC. The van der Waals surface area contributed by atoms with Crippen LogP contribution in [0.5, 0.6) is 5.75 Å². The third kappa shape index (κ3) is 12.8. The van der Waals surface area contributed by atoms with E-state index in [0.29, 0.717) is 38.3 Å². The molecular formula is C27H45NO6. The summed E-state index contributed by atoms with van der Waals surface area (Å²) in [6.07, 6.45) is 6.18. The van der Waals surface area contributed by atoms with Crippen molar-refractivity contribution in [3.05, 3.63) is 29.8 Å². The van der Waals surface area contributed by atoms with E-state index >= 15 is 0 Å². The highest BCUT2D eigenvalue weighted by Crippen LogP contribution is 2.16. The predicted octanol–water partition coefficient (Wildman–Crippen LogP) is 6.08. The van der Waals surface area contributed by atoms with Gasteiger partial charge in [0.25, 0.3) is 0 Å². The zero-order valence-electron chi connectivity index (χ0n) is 21.8. The first-order valence-corrected chi connectivity index (χ1v) is 12.8. The van der Waals surface area contributed by atoms with Gasteiger partial charge in [-0.3, -0.25) is 0 Å². The maximum absolute atomic E-state index is 12.5. The van der Waals surface area contributed by atoms with Crippen molar-refractivity contribution >= 4 is 12.1 Å². The van der Waals surface area contributed by atoms with E-state index in [4.69, 9.17) is 14.2 Å². The summed E-state index contributed by atoms with van der Waals surface area (Å²) >= 11 is 0. The van der Waals surface area contributed by atoms with Crippen molar-refractivity contribution in [3.63, 3.8) is 0 Å². The van der Waals surface area contributed by atoms with E-state index in [0.717, 1.165) is 24.8 Å². The molecule has 0 saturated heterocycles. The zero-order chi connectivity index (χ0) is 25.3. The maximum atomic E-state index is 12.5. The average molecular weight is 480 g/mol. The van der Waals surface area contributed by atoms with Crippen molar-refractivity contribution in [1.82, 2.24) is 4.90 Å². The molecule has 0 heterocycles. The number of rotatable bonds is 18. The van der Waals surface area contributed by atoms with Crippen LogP contribution in [0.15, 0.2) is 24.3 Å². The minimum absolute atomic E-state index is 0.0866. The van der Waals surface area contributed by atoms with Crippen molar-refractivity contribution in [1.29, 1.82) is 0 Å². The lowest BCUT2D eigenvalue weighted by Crippen LogP contribution is -2.35. The van der Waals surface area contributed by atoms with Crippen LogP contribution in [0.4, 0.5) is 4.79 Å². The molecule has 0 spiro atoms. The van der Waals surface area contributed by atoms with Gasteiger partial charge in [0, 0.05) is 19.5 Å². The Balaban J connectivity index is 2.50. The average Bonchev–Trinajstić information content (AvgIpc) is 2.80. The molecule has 0 aromatic heterocycles. The predicted molar refractivity (Wildman–Crippen MR) is 134 cm³/mol. The molecule has 1 aromatic carbocycles. The minimum Gasteiger partial charge on any atom is -0.494 e. The van der Waals surface area contributed by atoms with E-state index in [1.165, 1.54) is 19.3 Å². The molecule has 2 unspecified atom stereocenters. The van der Waals surface area contributed by atoms with E-state index in [2.05, 4.69) is 6.92 Å². The zero-order valence-corrected chi connectivity index (χ0v) is 21.8. The van der Waals surface area contributed by atoms with Crippen LogP contribution in [0, 0.1) is 0 Å². The van der Waals surface area contributed by atoms with Gasteiger partial charge < -0.3 is 24.2 Å². The van der Waals surface area contributed by atoms with Crippen LogP contribution < -0.4 is 4.74 Å².